The van der Waals surface area contributed by atoms with E-state index >= 15 is 0 Å². The number of hydrogen-bond donors (Lipinski definition) is 2. The number of nitrogens with one attached hydrogen (secondary N) is 2. The highest BCUT2D eigenvalue weighted by Crippen LogP contribution is 2.17. The Labute approximate surface area is 128 Å². The number of piperazine rings is 2. The maximum absolute atomic E-state index is 12.3. The zero-order valence-electron chi connectivity index (χ0n) is 12.3. The van der Waals surface area contributed by atoms with Gasteiger partial charge in [0.1, 0.15) is 12.1 Å². The largest absolute Gasteiger partial charge is 0.343 e. The highest BCUT2D eigenvalue weighted by molar-refractivity contribution is 5.98. The Hall–Kier alpha value is -2.57. The van der Waals surface area contributed by atoms with Gasteiger partial charge in [-0.25, -0.2) is 4.79 Å². The van der Waals surface area contributed by atoms with Crippen molar-refractivity contribution in [3.8, 4) is 0 Å². The molecule has 2 atom stereocenters. The zero-order chi connectivity index (χ0) is 15.7. The first-order valence-corrected chi connectivity index (χ1v) is 7.28. The monoisotopic (exact) mass is 302 g/mol. The average Bonchev–Trinajstić information content (AvgIpc) is 2.53. The molecule has 0 bridgehead atoms. The van der Waals surface area contributed by atoms with E-state index in [0.717, 1.165) is 0 Å². The number of rotatable bonds is 1. The summed E-state index contributed by atoms with van der Waals surface area (Å²) in [5.74, 6) is -0.294. The summed E-state index contributed by atoms with van der Waals surface area (Å²) in [5, 5.41) is 5.44. The molecule has 22 heavy (non-hydrogen) atoms. The summed E-state index contributed by atoms with van der Waals surface area (Å²) in [6.45, 7) is 2.68. The third kappa shape index (κ3) is 2.61. The average molecular weight is 302 g/mol. The summed E-state index contributed by atoms with van der Waals surface area (Å²) >= 11 is 0. The minimum atomic E-state index is -0.598. The Morgan fingerprint density at radius 3 is 2.68 bits per heavy atom. The number of amides is 4. The standard InChI is InChI=1S/C15H18N4O3/c1-10-14(21)19-8-7-18(9-12(19)13(20)16-10)15(22)17-11-5-3-2-4-6-11/h2-6,10,12H,7-9H2,1H3,(H,16,20)(H,17,22)/t10-,12+/m0/s1. The summed E-state index contributed by atoms with van der Waals surface area (Å²) in [6.07, 6.45) is 0. The smallest absolute Gasteiger partial charge is 0.321 e. The van der Waals surface area contributed by atoms with Crippen molar-refractivity contribution in [3.63, 3.8) is 0 Å². The van der Waals surface area contributed by atoms with Gasteiger partial charge in [0.2, 0.25) is 11.8 Å². The van der Waals surface area contributed by atoms with Crippen molar-refractivity contribution < 1.29 is 14.4 Å². The minimum absolute atomic E-state index is 0.0901. The third-order valence-corrected chi connectivity index (χ3v) is 4.01. The molecule has 7 nitrogen and oxygen atoms in total. The van der Waals surface area contributed by atoms with Crippen LogP contribution in [0.4, 0.5) is 10.5 Å². The summed E-state index contributed by atoms with van der Waals surface area (Å²) < 4.78 is 0. The van der Waals surface area contributed by atoms with E-state index in [1.165, 1.54) is 0 Å². The van der Waals surface area contributed by atoms with Gasteiger partial charge in [0.05, 0.1) is 6.54 Å². The summed E-state index contributed by atoms with van der Waals surface area (Å²) in [7, 11) is 0. The number of carbonyl (C=O) groups is 3. The molecule has 2 N–H and O–H groups in total. The van der Waals surface area contributed by atoms with Crippen LogP contribution in [0, 0.1) is 0 Å². The first kappa shape index (κ1) is 14.4. The van der Waals surface area contributed by atoms with Crippen LogP contribution in [0.2, 0.25) is 0 Å². The van der Waals surface area contributed by atoms with Crippen molar-refractivity contribution in [2.45, 2.75) is 19.0 Å². The second-order valence-electron chi connectivity index (χ2n) is 5.52. The van der Waals surface area contributed by atoms with Crippen molar-refractivity contribution in [1.82, 2.24) is 15.1 Å². The molecule has 2 aliphatic rings. The molecule has 1 aromatic rings. The van der Waals surface area contributed by atoms with E-state index in [2.05, 4.69) is 10.6 Å². The SMILES string of the molecule is C[C@@H]1NC(=O)[C@H]2CN(C(=O)Nc3ccccc3)CCN2C1=O. The Bertz CT molecular complexity index is 604. The van der Waals surface area contributed by atoms with E-state index in [4.69, 9.17) is 0 Å². The molecule has 0 spiro atoms. The first-order chi connectivity index (χ1) is 10.6. The van der Waals surface area contributed by atoms with Crippen molar-refractivity contribution in [3.05, 3.63) is 30.3 Å². The van der Waals surface area contributed by atoms with Crippen molar-refractivity contribution in [2.24, 2.45) is 0 Å². The van der Waals surface area contributed by atoms with Crippen molar-refractivity contribution in [1.29, 1.82) is 0 Å². The lowest BCUT2D eigenvalue weighted by Crippen LogP contribution is -2.69. The van der Waals surface area contributed by atoms with Gasteiger partial charge in [-0.05, 0) is 19.1 Å². The summed E-state index contributed by atoms with van der Waals surface area (Å²) in [5.41, 5.74) is 0.702. The molecular weight excluding hydrogens is 284 g/mol. The van der Waals surface area contributed by atoms with Gasteiger partial charge in [-0.15, -0.1) is 0 Å². The highest BCUT2D eigenvalue weighted by Gasteiger charge is 2.42. The molecule has 0 aliphatic carbocycles. The molecule has 3 rings (SSSR count). The van der Waals surface area contributed by atoms with Gasteiger partial charge < -0.3 is 20.4 Å². The number of anilines is 1. The normalized spacial score (nSPS) is 24.6. The quantitative estimate of drug-likeness (QED) is 0.780. The van der Waals surface area contributed by atoms with Gasteiger partial charge in [0.15, 0.2) is 0 Å². The summed E-state index contributed by atoms with van der Waals surface area (Å²) in [6, 6.07) is 7.79. The fraction of sp³-hybridized carbons (Fsp3) is 0.400. The molecule has 0 unspecified atom stereocenters. The Morgan fingerprint density at radius 2 is 1.95 bits per heavy atom. The van der Waals surface area contributed by atoms with Crippen LogP contribution in [0.3, 0.4) is 0 Å². The van der Waals surface area contributed by atoms with Crippen LogP contribution in [0.1, 0.15) is 6.92 Å². The van der Waals surface area contributed by atoms with Crippen LogP contribution in [0.25, 0.3) is 0 Å². The molecule has 1 aromatic carbocycles. The summed E-state index contributed by atoms with van der Waals surface area (Å²) in [4.78, 5) is 39.5. The van der Waals surface area contributed by atoms with Gasteiger partial charge in [0.25, 0.3) is 0 Å². The maximum atomic E-state index is 12.3. The molecule has 2 fully saturated rings. The highest BCUT2D eigenvalue weighted by atomic mass is 16.2. The van der Waals surface area contributed by atoms with Gasteiger partial charge in [-0.3, -0.25) is 9.59 Å². The lowest BCUT2D eigenvalue weighted by atomic mass is 10.1. The Kier molecular flexibility index (Phi) is 3.70. The van der Waals surface area contributed by atoms with Gasteiger partial charge in [-0.1, -0.05) is 18.2 Å². The number of carbonyl (C=O) groups excluding carboxylic acids is 3. The van der Waals surface area contributed by atoms with E-state index in [0.29, 0.717) is 18.8 Å². The lowest BCUT2D eigenvalue weighted by molar-refractivity contribution is -0.151. The van der Waals surface area contributed by atoms with Gasteiger partial charge in [0, 0.05) is 18.8 Å². The number of urea groups is 1. The molecule has 2 heterocycles. The fourth-order valence-corrected chi connectivity index (χ4v) is 2.80. The zero-order valence-corrected chi connectivity index (χ0v) is 12.3. The second kappa shape index (κ2) is 5.67. The molecule has 4 amide bonds. The topological polar surface area (TPSA) is 81.8 Å². The van der Waals surface area contributed by atoms with E-state index in [9.17, 15) is 14.4 Å². The first-order valence-electron chi connectivity index (χ1n) is 7.28. The van der Waals surface area contributed by atoms with Crippen molar-refractivity contribution in [2.75, 3.05) is 25.0 Å². The fourth-order valence-electron chi connectivity index (χ4n) is 2.80. The molecule has 2 aliphatic heterocycles. The van der Waals surface area contributed by atoms with Gasteiger partial charge >= 0.3 is 6.03 Å². The van der Waals surface area contributed by atoms with Gasteiger partial charge in [-0.2, -0.15) is 0 Å². The van der Waals surface area contributed by atoms with Crippen LogP contribution >= 0.6 is 0 Å². The number of para-hydroxylation sites is 1. The minimum Gasteiger partial charge on any atom is -0.343 e. The van der Waals surface area contributed by atoms with Crippen LogP contribution in [-0.2, 0) is 9.59 Å². The number of nitrogens with zero attached hydrogens (tertiary/aromatic N) is 2. The molecular formula is C15H18N4O3. The predicted octanol–water partition coefficient (Wildman–Crippen LogP) is 0.250. The van der Waals surface area contributed by atoms with E-state index < -0.39 is 12.1 Å². The Morgan fingerprint density at radius 1 is 1.23 bits per heavy atom. The molecule has 0 saturated carbocycles. The van der Waals surface area contributed by atoms with Crippen LogP contribution in [-0.4, -0.2) is 59.4 Å². The van der Waals surface area contributed by atoms with Crippen LogP contribution in [0.5, 0.6) is 0 Å². The Balaban J connectivity index is 1.67. The van der Waals surface area contributed by atoms with Crippen molar-refractivity contribution >= 4 is 23.5 Å². The second-order valence-corrected chi connectivity index (χ2v) is 5.52. The van der Waals surface area contributed by atoms with E-state index in [1.807, 2.05) is 18.2 Å². The molecule has 0 radical (unpaired) electrons. The number of hydrogen-bond acceptors (Lipinski definition) is 3. The van der Waals surface area contributed by atoms with E-state index in [-0.39, 0.29) is 24.4 Å². The molecule has 7 heteroatoms. The third-order valence-electron chi connectivity index (χ3n) is 4.01. The van der Waals surface area contributed by atoms with Crippen LogP contribution in [0.15, 0.2) is 30.3 Å². The van der Waals surface area contributed by atoms with E-state index in [1.54, 1.807) is 28.9 Å². The number of fused-ring (bicyclic) bond motifs is 1. The number of benzene rings is 1. The molecule has 116 valence electrons. The molecule has 2 saturated heterocycles. The van der Waals surface area contributed by atoms with Crippen LogP contribution < -0.4 is 10.6 Å². The predicted molar refractivity (Wildman–Crippen MR) is 80.1 cm³/mol. The maximum Gasteiger partial charge on any atom is 0.321 e. The molecule has 0 aromatic heterocycles. The lowest BCUT2D eigenvalue weighted by Gasteiger charge is -2.44.